The van der Waals surface area contributed by atoms with E-state index >= 15 is 0 Å². The summed E-state index contributed by atoms with van der Waals surface area (Å²) in [5.74, 6) is 1.12. The molecule has 3 heterocycles. The van der Waals surface area contributed by atoms with Crippen molar-refractivity contribution < 1.29 is 9.90 Å². The molecule has 7 heteroatoms. The molecular weight excluding hydrogens is 294 g/mol. The van der Waals surface area contributed by atoms with Crippen LogP contribution in [0.1, 0.15) is 54.0 Å². The average molecular weight is 313 g/mol. The summed E-state index contributed by atoms with van der Waals surface area (Å²) in [6.45, 7) is 1.70. The molecule has 1 saturated heterocycles. The first-order chi connectivity index (χ1) is 11.2. The van der Waals surface area contributed by atoms with E-state index in [-0.39, 0.29) is 5.69 Å². The highest BCUT2D eigenvalue weighted by Crippen LogP contribution is 2.38. The van der Waals surface area contributed by atoms with Crippen molar-refractivity contribution in [2.24, 2.45) is 0 Å². The number of carboxylic acids is 1. The van der Waals surface area contributed by atoms with E-state index in [4.69, 9.17) is 5.11 Å². The van der Waals surface area contributed by atoms with Gasteiger partial charge >= 0.3 is 5.97 Å². The first-order valence-corrected chi connectivity index (χ1v) is 8.07. The highest BCUT2D eigenvalue weighted by molar-refractivity contribution is 5.85. The fourth-order valence-electron chi connectivity index (χ4n) is 3.29. The maximum atomic E-state index is 11.1. The fourth-order valence-corrected chi connectivity index (χ4v) is 3.29. The van der Waals surface area contributed by atoms with E-state index < -0.39 is 5.97 Å². The van der Waals surface area contributed by atoms with Crippen LogP contribution in [0.3, 0.4) is 0 Å². The number of hydrogen-bond acceptors (Lipinski definition) is 5. The van der Waals surface area contributed by atoms with Crippen LogP contribution in [0.5, 0.6) is 0 Å². The number of piperidine rings is 1. The molecule has 1 aliphatic carbocycles. The molecule has 0 amide bonds. The molecule has 2 aromatic rings. The Labute approximate surface area is 134 Å². The van der Waals surface area contributed by atoms with Crippen LogP contribution in [0.4, 0.5) is 5.82 Å². The lowest BCUT2D eigenvalue weighted by molar-refractivity contribution is 0.0690. The summed E-state index contributed by atoms with van der Waals surface area (Å²) in [7, 11) is 0. The molecule has 1 unspecified atom stereocenters. The zero-order chi connectivity index (χ0) is 15.8. The number of nitrogens with zero attached hydrogens (tertiary/aromatic N) is 5. The number of carbonyl (C=O) groups is 1. The van der Waals surface area contributed by atoms with E-state index in [1.54, 1.807) is 6.07 Å². The van der Waals surface area contributed by atoms with Gasteiger partial charge in [-0.25, -0.2) is 9.78 Å². The van der Waals surface area contributed by atoms with Gasteiger partial charge in [0.2, 0.25) is 0 Å². The van der Waals surface area contributed by atoms with Crippen LogP contribution in [0.2, 0.25) is 0 Å². The van der Waals surface area contributed by atoms with Crippen molar-refractivity contribution in [3.8, 4) is 0 Å². The summed E-state index contributed by atoms with van der Waals surface area (Å²) >= 11 is 0. The first-order valence-electron chi connectivity index (χ1n) is 8.07. The van der Waals surface area contributed by atoms with E-state index in [1.807, 2.05) is 12.4 Å². The number of aromatic carboxylic acids is 1. The lowest BCUT2D eigenvalue weighted by Gasteiger charge is -2.33. The van der Waals surface area contributed by atoms with Gasteiger partial charge in [0.1, 0.15) is 18.0 Å². The van der Waals surface area contributed by atoms with Crippen LogP contribution in [0, 0.1) is 0 Å². The van der Waals surface area contributed by atoms with Crippen molar-refractivity contribution in [3.63, 3.8) is 0 Å². The smallest absolute Gasteiger partial charge is 0.354 e. The van der Waals surface area contributed by atoms with Crippen LogP contribution in [0.25, 0.3) is 0 Å². The third-order valence-electron chi connectivity index (χ3n) is 4.61. The topological polar surface area (TPSA) is 84.1 Å². The molecule has 0 bridgehead atoms. The average Bonchev–Trinajstić information content (AvgIpc) is 3.32. The van der Waals surface area contributed by atoms with E-state index in [9.17, 15) is 4.79 Å². The number of anilines is 1. The predicted molar refractivity (Wildman–Crippen MR) is 83.7 cm³/mol. The highest BCUT2D eigenvalue weighted by Gasteiger charge is 2.31. The second-order valence-corrected chi connectivity index (χ2v) is 6.30. The van der Waals surface area contributed by atoms with Gasteiger partial charge in [0.05, 0.1) is 0 Å². The van der Waals surface area contributed by atoms with Crippen LogP contribution in [-0.4, -0.2) is 43.9 Å². The Morgan fingerprint density at radius 1 is 1.26 bits per heavy atom. The van der Waals surface area contributed by atoms with Crippen LogP contribution < -0.4 is 4.90 Å². The van der Waals surface area contributed by atoms with E-state index in [0.717, 1.165) is 37.6 Å². The molecule has 0 aromatic carbocycles. The number of carboxylic acid groups (broad SMARTS) is 1. The maximum Gasteiger partial charge on any atom is 0.354 e. The molecule has 2 aromatic heterocycles. The molecule has 1 saturated carbocycles. The molecule has 0 spiro atoms. The third kappa shape index (κ3) is 2.78. The highest BCUT2D eigenvalue weighted by atomic mass is 16.4. The summed E-state index contributed by atoms with van der Waals surface area (Å²) < 4.78 is 2.22. The first kappa shape index (κ1) is 14.2. The monoisotopic (exact) mass is 313 g/mol. The van der Waals surface area contributed by atoms with Crippen LogP contribution in [0.15, 0.2) is 24.5 Å². The molecule has 2 fully saturated rings. The number of rotatable bonds is 4. The maximum absolute atomic E-state index is 11.1. The number of aromatic nitrogens is 4. The van der Waals surface area contributed by atoms with Crippen molar-refractivity contribution in [2.45, 2.75) is 37.6 Å². The molecule has 1 aliphatic heterocycles. The Morgan fingerprint density at radius 3 is 2.91 bits per heavy atom. The quantitative estimate of drug-likeness (QED) is 0.930. The second-order valence-electron chi connectivity index (χ2n) is 6.30. The Balaban J connectivity index is 1.56. The summed E-state index contributed by atoms with van der Waals surface area (Å²) in [4.78, 5) is 17.5. The minimum atomic E-state index is -0.992. The van der Waals surface area contributed by atoms with Gasteiger partial charge in [-0.1, -0.05) is 6.07 Å². The molecule has 0 radical (unpaired) electrons. The van der Waals surface area contributed by atoms with Crippen LogP contribution in [-0.2, 0) is 0 Å². The zero-order valence-electron chi connectivity index (χ0n) is 12.8. The molecule has 1 N–H and O–H groups in total. The summed E-state index contributed by atoms with van der Waals surface area (Å²) in [5, 5.41) is 17.6. The molecule has 1 atom stereocenters. The van der Waals surface area contributed by atoms with Gasteiger partial charge in [-0.15, -0.1) is 10.2 Å². The molecule has 120 valence electrons. The Morgan fingerprint density at radius 2 is 2.13 bits per heavy atom. The second kappa shape index (κ2) is 5.64. The van der Waals surface area contributed by atoms with Crippen molar-refractivity contribution in [1.82, 2.24) is 19.7 Å². The predicted octanol–water partition coefficient (Wildman–Crippen LogP) is 2.09. The van der Waals surface area contributed by atoms with Crippen molar-refractivity contribution in [2.75, 3.05) is 18.0 Å². The van der Waals surface area contributed by atoms with Gasteiger partial charge in [0.25, 0.3) is 0 Å². The van der Waals surface area contributed by atoms with Crippen molar-refractivity contribution in [1.29, 1.82) is 0 Å². The third-order valence-corrected chi connectivity index (χ3v) is 4.61. The molecule has 7 nitrogen and oxygen atoms in total. The largest absolute Gasteiger partial charge is 0.477 e. The number of pyridine rings is 1. The van der Waals surface area contributed by atoms with Crippen LogP contribution >= 0.6 is 0 Å². The summed E-state index contributed by atoms with van der Waals surface area (Å²) in [6, 6.07) is 5.73. The molecule has 4 rings (SSSR count). The van der Waals surface area contributed by atoms with Gasteiger partial charge in [-0.2, -0.15) is 0 Å². The van der Waals surface area contributed by atoms with E-state index in [1.165, 1.54) is 18.9 Å². The van der Waals surface area contributed by atoms with Crippen molar-refractivity contribution in [3.05, 3.63) is 36.0 Å². The minimum absolute atomic E-state index is 0.0887. The Hall–Kier alpha value is -2.44. The molecule has 23 heavy (non-hydrogen) atoms. The van der Waals surface area contributed by atoms with Gasteiger partial charge in [-0.3, -0.25) is 0 Å². The Bertz CT molecular complexity index is 725. The lowest BCUT2D eigenvalue weighted by Crippen LogP contribution is -2.36. The van der Waals surface area contributed by atoms with E-state index in [2.05, 4.69) is 24.6 Å². The standard InChI is InChI=1S/C16H19N5O2/c22-16(23)13-4-1-5-14(18-13)20-8-2-3-11(9-20)15-19-17-10-21(15)12-6-7-12/h1,4-5,10-12H,2-3,6-9H2,(H,22,23). The molecule has 2 aliphatic rings. The summed E-state index contributed by atoms with van der Waals surface area (Å²) in [5.41, 5.74) is 0.0887. The van der Waals surface area contributed by atoms with Crippen molar-refractivity contribution >= 4 is 11.8 Å². The van der Waals surface area contributed by atoms with Gasteiger partial charge < -0.3 is 14.6 Å². The SMILES string of the molecule is O=C(O)c1cccc(N2CCCC(c3nncn3C3CC3)C2)n1. The fraction of sp³-hybridized carbons (Fsp3) is 0.500. The zero-order valence-corrected chi connectivity index (χ0v) is 12.8. The van der Waals surface area contributed by atoms with Gasteiger partial charge in [-0.05, 0) is 37.8 Å². The minimum Gasteiger partial charge on any atom is -0.477 e. The Kier molecular flexibility index (Phi) is 3.48. The van der Waals surface area contributed by atoms with E-state index in [0.29, 0.717) is 12.0 Å². The molecular formula is C16H19N5O2. The van der Waals surface area contributed by atoms with Gasteiger partial charge in [0.15, 0.2) is 5.69 Å². The van der Waals surface area contributed by atoms with Gasteiger partial charge in [0, 0.05) is 25.0 Å². The number of hydrogen-bond donors (Lipinski definition) is 1. The lowest BCUT2D eigenvalue weighted by atomic mass is 9.97. The normalized spacial score (nSPS) is 21.4. The summed E-state index contributed by atoms with van der Waals surface area (Å²) in [6.07, 6.45) is 6.39.